The highest BCUT2D eigenvalue weighted by Crippen LogP contribution is 2.18. The molecule has 2 aromatic rings. The SMILES string of the molecule is Cc1cnc(C)c(-c2[c]cccc2)n1. The van der Waals surface area contributed by atoms with E-state index in [0.717, 1.165) is 22.6 Å². The Morgan fingerprint density at radius 2 is 2.07 bits per heavy atom. The first-order valence-corrected chi connectivity index (χ1v) is 4.55. The predicted molar refractivity (Wildman–Crippen MR) is 55.8 cm³/mol. The van der Waals surface area contributed by atoms with Gasteiger partial charge in [0, 0.05) is 11.8 Å². The summed E-state index contributed by atoms with van der Waals surface area (Å²) < 4.78 is 0. The standard InChI is InChI=1S/C12H11N2/c1-9-8-13-10(2)12(14-9)11-6-4-3-5-7-11/h3-6,8H,1-2H3. The van der Waals surface area contributed by atoms with Crippen molar-refractivity contribution in [2.75, 3.05) is 0 Å². The van der Waals surface area contributed by atoms with Gasteiger partial charge < -0.3 is 0 Å². The number of aromatic nitrogens is 2. The van der Waals surface area contributed by atoms with Crippen LogP contribution in [-0.2, 0) is 0 Å². The zero-order valence-corrected chi connectivity index (χ0v) is 8.28. The molecule has 14 heavy (non-hydrogen) atoms. The second-order valence-electron chi connectivity index (χ2n) is 3.22. The molecule has 0 saturated heterocycles. The lowest BCUT2D eigenvalue weighted by molar-refractivity contribution is 1.07. The Kier molecular flexibility index (Phi) is 2.27. The third-order valence-corrected chi connectivity index (χ3v) is 2.04. The molecule has 0 bridgehead atoms. The maximum absolute atomic E-state index is 4.45. The second kappa shape index (κ2) is 3.58. The Balaban J connectivity index is 2.57. The summed E-state index contributed by atoms with van der Waals surface area (Å²) >= 11 is 0. The van der Waals surface area contributed by atoms with Crippen LogP contribution in [0.2, 0.25) is 0 Å². The van der Waals surface area contributed by atoms with Crippen molar-refractivity contribution in [3.8, 4) is 11.3 Å². The van der Waals surface area contributed by atoms with Gasteiger partial charge in [-0.3, -0.25) is 4.98 Å². The molecule has 2 heteroatoms. The van der Waals surface area contributed by atoms with Crippen molar-refractivity contribution < 1.29 is 0 Å². The largest absolute Gasteiger partial charge is 0.257 e. The fraction of sp³-hybridized carbons (Fsp3) is 0.167. The quantitative estimate of drug-likeness (QED) is 0.679. The van der Waals surface area contributed by atoms with Gasteiger partial charge in [0.2, 0.25) is 0 Å². The summed E-state index contributed by atoms with van der Waals surface area (Å²) in [5.41, 5.74) is 3.80. The molecule has 0 saturated carbocycles. The highest BCUT2D eigenvalue weighted by atomic mass is 14.8. The van der Waals surface area contributed by atoms with Gasteiger partial charge in [0.15, 0.2) is 0 Å². The zero-order valence-electron chi connectivity index (χ0n) is 8.28. The summed E-state index contributed by atoms with van der Waals surface area (Å²) in [6.07, 6.45) is 1.78. The molecule has 1 aromatic heterocycles. The lowest BCUT2D eigenvalue weighted by atomic mass is 10.1. The molecule has 0 aliphatic heterocycles. The Labute approximate surface area is 83.7 Å². The van der Waals surface area contributed by atoms with E-state index in [1.807, 2.05) is 38.1 Å². The molecule has 0 amide bonds. The summed E-state index contributed by atoms with van der Waals surface area (Å²) in [5.74, 6) is 0. The van der Waals surface area contributed by atoms with Crippen LogP contribution in [0.5, 0.6) is 0 Å². The van der Waals surface area contributed by atoms with E-state index in [9.17, 15) is 0 Å². The van der Waals surface area contributed by atoms with Gasteiger partial charge in [0.05, 0.1) is 17.1 Å². The van der Waals surface area contributed by atoms with Crippen LogP contribution in [0.1, 0.15) is 11.4 Å². The van der Waals surface area contributed by atoms with Crippen LogP contribution >= 0.6 is 0 Å². The monoisotopic (exact) mass is 183 g/mol. The molecule has 0 aliphatic rings. The van der Waals surface area contributed by atoms with Crippen molar-refractivity contribution in [3.05, 3.63) is 47.9 Å². The fourth-order valence-corrected chi connectivity index (χ4v) is 1.33. The van der Waals surface area contributed by atoms with E-state index in [1.165, 1.54) is 0 Å². The van der Waals surface area contributed by atoms with Crippen LogP contribution in [0.4, 0.5) is 0 Å². The van der Waals surface area contributed by atoms with Crippen molar-refractivity contribution in [2.24, 2.45) is 0 Å². The van der Waals surface area contributed by atoms with Crippen molar-refractivity contribution in [1.29, 1.82) is 0 Å². The molecular weight excluding hydrogens is 172 g/mol. The third-order valence-electron chi connectivity index (χ3n) is 2.04. The summed E-state index contributed by atoms with van der Waals surface area (Å²) in [6, 6.07) is 11.0. The summed E-state index contributed by atoms with van der Waals surface area (Å²) in [6.45, 7) is 3.90. The van der Waals surface area contributed by atoms with Gasteiger partial charge in [0.1, 0.15) is 0 Å². The van der Waals surface area contributed by atoms with E-state index in [1.54, 1.807) is 6.20 Å². The molecule has 0 aliphatic carbocycles. The highest BCUT2D eigenvalue weighted by molar-refractivity contribution is 5.60. The van der Waals surface area contributed by atoms with Crippen LogP contribution in [-0.4, -0.2) is 9.97 Å². The molecule has 0 spiro atoms. The molecule has 0 N–H and O–H groups in total. The summed E-state index contributed by atoms with van der Waals surface area (Å²) in [5, 5.41) is 0. The molecule has 0 unspecified atom stereocenters. The third kappa shape index (κ3) is 1.64. The molecule has 2 nitrogen and oxygen atoms in total. The molecule has 0 fully saturated rings. The summed E-state index contributed by atoms with van der Waals surface area (Å²) in [7, 11) is 0. The highest BCUT2D eigenvalue weighted by Gasteiger charge is 2.03. The second-order valence-corrected chi connectivity index (χ2v) is 3.22. The maximum atomic E-state index is 4.45. The van der Waals surface area contributed by atoms with E-state index < -0.39 is 0 Å². The minimum atomic E-state index is 0.922. The average molecular weight is 183 g/mol. The molecule has 1 heterocycles. The molecular formula is C12H11N2. The van der Waals surface area contributed by atoms with Crippen LogP contribution < -0.4 is 0 Å². The van der Waals surface area contributed by atoms with E-state index in [4.69, 9.17) is 0 Å². The van der Waals surface area contributed by atoms with Gasteiger partial charge in [-0.15, -0.1) is 0 Å². The molecule has 69 valence electrons. The molecule has 0 atom stereocenters. The normalized spacial score (nSPS) is 10.1. The number of hydrogen-bond acceptors (Lipinski definition) is 2. The first kappa shape index (κ1) is 8.88. The van der Waals surface area contributed by atoms with Crippen molar-refractivity contribution in [3.63, 3.8) is 0 Å². The number of nitrogens with zero attached hydrogens (tertiary/aromatic N) is 2. The molecule has 1 aromatic carbocycles. The topological polar surface area (TPSA) is 25.8 Å². The minimum absolute atomic E-state index is 0.922. The van der Waals surface area contributed by atoms with Gasteiger partial charge in [-0.1, -0.05) is 24.3 Å². The Bertz CT molecular complexity index is 435. The van der Waals surface area contributed by atoms with Crippen LogP contribution in [0, 0.1) is 19.9 Å². The average Bonchev–Trinajstić information content (AvgIpc) is 2.23. The van der Waals surface area contributed by atoms with Crippen LogP contribution in [0.15, 0.2) is 30.5 Å². The van der Waals surface area contributed by atoms with Gasteiger partial charge in [0.25, 0.3) is 0 Å². The van der Waals surface area contributed by atoms with Crippen molar-refractivity contribution in [1.82, 2.24) is 9.97 Å². The van der Waals surface area contributed by atoms with Crippen molar-refractivity contribution >= 4 is 0 Å². The van der Waals surface area contributed by atoms with Gasteiger partial charge in [-0.05, 0) is 19.9 Å². The number of hydrogen-bond donors (Lipinski definition) is 0. The fourth-order valence-electron chi connectivity index (χ4n) is 1.33. The number of rotatable bonds is 1. The predicted octanol–water partition coefficient (Wildman–Crippen LogP) is 2.56. The molecule has 2 rings (SSSR count). The Hall–Kier alpha value is -1.70. The van der Waals surface area contributed by atoms with Gasteiger partial charge in [-0.25, -0.2) is 4.98 Å². The van der Waals surface area contributed by atoms with Crippen LogP contribution in [0.25, 0.3) is 11.3 Å². The maximum Gasteiger partial charge on any atom is 0.0923 e. The zero-order chi connectivity index (χ0) is 9.97. The van der Waals surface area contributed by atoms with Crippen molar-refractivity contribution in [2.45, 2.75) is 13.8 Å². The van der Waals surface area contributed by atoms with Gasteiger partial charge >= 0.3 is 0 Å². The minimum Gasteiger partial charge on any atom is -0.257 e. The Morgan fingerprint density at radius 3 is 2.79 bits per heavy atom. The lowest BCUT2D eigenvalue weighted by Gasteiger charge is -2.04. The van der Waals surface area contributed by atoms with E-state index in [-0.39, 0.29) is 0 Å². The Morgan fingerprint density at radius 1 is 1.21 bits per heavy atom. The summed E-state index contributed by atoms with van der Waals surface area (Å²) in [4.78, 5) is 8.72. The lowest BCUT2D eigenvalue weighted by Crippen LogP contribution is -1.94. The van der Waals surface area contributed by atoms with E-state index in [2.05, 4.69) is 16.0 Å². The van der Waals surface area contributed by atoms with E-state index >= 15 is 0 Å². The molecule has 1 radical (unpaired) electrons. The van der Waals surface area contributed by atoms with Crippen LogP contribution in [0.3, 0.4) is 0 Å². The first-order chi connectivity index (χ1) is 6.77. The number of benzene rings is 1. The first-order valence-electron chi connectivity index (χ1n) is 4.55. The number of aryl methyl sites for hydroxylation is 2. The van der Waals surface area contributed by atoms with Gasteiger partial charge in [-0.2, -0.15) is 0 Å². The van der Waals surface area contributed by atoms with E-state index in [0.29, 0.717) is 0 Å². The smallest absolute Gasteiger partial charge is 0.0923 e.